The molecule has 0 aliphatic rings. The Morgan fingerprint density at radius 2 is 1.70 bits per heavy atom. The highest BCUT2D eigenvalue weighted by molar-refractivity contribution is 6.30. The molecule has 0 saturated heterocycles. The molecule has 0 radical (unpaired) electrons. The Balaban J connectivity index is 2.19. The zero-order valence-electron chi connectivity index (χ0n) is 17.5. The van der Waals surface area contributed by atoms with Crippen molar-refractivity contribution in [1.29, 1.82) is 0 Å². The topological polar surface area (TPSA) is 58.6 Å². The smallest absolute Gasteiger partial charge is 0.261 e. The van der Waals surface area contributed by atoms with E-state index in [1.54, 1.807) is 12.1 Å². The second-order valence-corrected chi connectivity index (χ2v) is 7.57. The normalized spacial score (nSPS) is 12.7. The Kier molecular flexibility index (Phi) is 9.12. The molecule has 0 saturated carbocycles. The highest BCUT2D eigenvalue weighted by atomic mass is 35.5. The summed E-state index contributed by atoms with van der Waals surface area (Å²) in [6.07, 6.45) is 1.25. The molecule has 0 aliphatic carbocycles. The molecule has 5 nitrogen and oxygen atoms in total. The lowest BCUT2D eigenvalue weighted by molar-refractivity contribution is -0.143. The van der Waals surface area contributed by atoms with E-state index < -0.39 is 6.04 Å². The summed E-state index contributed by atoms with van der Waals surface area (Å²) in [5.74, 6) is -0.532. The Hall–Kier alpha value is -2.60. The summed E-state index contributed by atoms with van der Waals surface area (Å²) < 4.78 is 18.6. The molecule has 162 valence electrons. The van der Waals surface area contributed by atoms with E-state index in [1.807, 2.05) is 32.9 Å². The molecule has 0 heterocycles. The third-order valence-corrected chi connectivity index (χ3v) is 5.08. The van der Waals surface area contributed by atoms with E-state index >= 15 is 0 Å². The first-order valence-corrected chi connectivity index (χ1v) is 10.4. The standard InChI is InChI=1S/C23H28ClFN2O3/c1-4-16(3)26-23(29)21(5-2)27(14-17-6-8-18(24)9-7-17)22(28)15-30-20-12-10-19(25)11-13-20/h6-13,16,21H,4-5,14-15H2,1-3H3,(H,26,29). The van der Waals surface area contributed by atoms with Crippen LogP contribution in [0.25, 0.3) is 0 Å². The zero-order chi connectivity index (χ0) is 22.1. The van der Waals surface area contributed by atoms with Gasteiger partial charge in [-0.1, -0.05) is 37.6 Å². The molecule has 2 aromatic carbocycles. The van der Waals surface area contributed by atoms with Crippen LogP contribution in [0.3, 0.4) is 0 Å². The van der Waals surface area contributed by atoms with E-state index in [9.17, 15) is 14.0 Å². The predicted octanol–water partition coefficient (Wildman–Crippen LogP) is 4.58. The molecule has 1 N–H and O–H groups in total. The van der Waals surface area contributed by atoms with Gasteiger partial charge in [0.15, 0.2) is 6.61 Å². The molecule has 7 heteroatoms. The third kappa shape index (κ3) is 7.02. The summed E-state index contributed by atoms with van der Waals surface area (Å²) in [7, 11) is 0. The lowest BCUT2D eigenvalue weighted by Crippen LogP contribution is -2.51. The van der Waals surface area contributed by atoms with E-state index in [-0.39, 0.29) is 36.8 Å². The number of hydrogen-bond acceptors (Lipinski definition) is 3. The first-order valence-electron chi connectivity index (χ1n) is 10.1. The number of amides is 2. The molecule has 0 aromatic heterocycles. The van der Waals surface area contributed by atoms with Gasteiger partial charge in [0.05, 0.1) is 0 Å². The van der Waals surface area contributed by atoms with Crippen molar-refractivity contribution in [2.24, 2.45) is 0 Å². The lowest BCUT2D eigenvalue weighted by Gasteiger charge is -2.31. The number of carbonyl (C=O) groups excluding carboxylic acids is 2. The number of nitrogens with one attached hydrogen (secondary N) is 1. The summed E-state index contributed by atoms with van der Waals surface area (Å²) in [4.78, 5) is 27.4. The van der Waals surface area contributed by atoms with Gasteiger partial charge < -0.3 is 15.0 Å². The fourth-order valence-electron chi connectivity index (χ4n) is 2.91. The van der Waals surface area contributed by atoms with Crippen molar-refractivity contribution in [3.05, 3.63) is 64.9 Å². The lowest BCUT2D eigenvalue weighted by atomic mass is 10.1. The highest BCUT2D eigenvalue weighted by Gasteiger charge is 2.29. The average molecular weight is 435 g/mol. The maximum atomic E-state index is 13.1. The molecule has 0 bridgehead atoms. The predicted molar refractivity (Wildman–Crippen MR) is 116 cm³/mol. The van der Waals surface area contributed by atoms with Crippen molar-refractivity contribution in [3.8, 4) is 5.75 Å². The van der Waals surface area contributed by atoms with Crippen LogP contribution in [0.15, 0.2) is 48.5 Å². The van der Waals surface area contributed by atoms with Gasteiger partial charge in [-0.25, -0.2) is 4.39 Å². The summed E-state index contributed by atoms with van der Waals surface area (Å²) in [6, 6.07) is 11.9. The molecule has 2 amide bonds. The Morgan fingerprint density at radius 1 is 1.07 bits per heavy atom. The second kappa shape index (κ2) is 11.6. The first kappa shape index (κ1) is 23.7. The zero-order valence-corrected chi connectivity index (χ0v) is 18.3. The van der Waals surface area contributed by atoms with Crippen molar-refractivity contribution in [3.63, 3.8) is 0 Å². The Bertz CT molecular complexity index is 827. The molecular weight excluding hydrogens is 407 g/mol. The van der Waals surface area contributed by atoms with Crippen LogP contribution in [-0.4, -0.2) is 35.4 Å². The fourth-order valence-corrected chi connectivity index (χ4v) is 3.03. The van der Waals surface area contributed by atoms with Crippen LogP contribution < -0.4 is 10.1 Å². The van der Waals surface area contributed by atoms with Crippen LogP contribution in [0.2, 0.25) is 5.02 Å². The molecule has 0 aliphatic heterocycles. The number of benzene rings is 2. The van der Waals surface area contributed by atoms with Crippen LogP contribution in [0, 0.1) is 5.82 Å². The fraction of sp³-hybridized carbons (Fsp3) is 0.391. The maximum Gasteiger partial charge on any atom is 0.261 e. The van der Waals surface area contributed by atoms with E-state index in [2.05, 4.69) is 5.32 Å². The van der Waals surface area contributed by atoms with E-state index in [4.69, 9.17) is 16.3 Å². The van der Waals surface area contributed by atoms with Crippen molar-refractivity contribution >= 4 is 23.4 Å². The van der Waals surface area contributed by atoms with Crippen molar-refractivity contribution in [2.45, 2.75) is 52.2 Å². The molecule has 2 unspecified atom stereocenters. The van der Waals surface area contributed by atoms with Crippen molar-refractivity contribution in [2.75, 3.05) is 6.61 Å². The van der Waals surface area contributed by atoms with E-state index in [0.717, 1.165) is 12.0 Å². The van der Waals surface area contributed by atoms with Crippen LogP contribution in [0.4, 0.5) is 4.39 Å². The Morgan fingerprint density at radius 3 is 2.27 bits per heavy atom. The number of rotatable bonds is 10. The van der Waals surface area contributed by atoms with Gasteiger partial charge in [0.2, 0.25) is 5.91 Å². The minimum atomic E-state index is -0.640. The average Bonchev–Trinajstić information content (AvgIpc) is 2.74. The number of nitrogens with zero attached hydrogens (tertiary/aromatic N) is 1. The largest absolute Gasteiger partial charge is 0.484 e. The van der Waals surface area contributed by atoms with Crippen LogP contribution >= 0.6 is 11.6 Å². The van der Waals surface area contributed by atoms with Gasteiger partial charge >= 0.3 is 0 Å². The van der Waals surface area contributed by atoms with Crippen LogP contribution in [0.1, 0.15) is 39.2 Å². The molecule has 30 heavy (non-hydrogen) atoms. The molecule has 2 aromatic rings. The summed E-state index contributed by atoms with van der Waals surface area (Å²) in [6.45, 7) is 5.76. The molecule has 0 fully saturated rings. The maximum absolute atomic E-state index is 13.1. The monoisotopic (exact) mass is 434 g/mol. The van der Waals surface area contributed by atoms with Crippen molar-refractivity contribution in [1.82, 2.24) is 10.2 Å². The quantitative estimate of drug-likeness (QED) is 0.595. The number of halogens is 2. The molecular formula is C23H28ClFN2O3. The Labute approximate surface area is 182 Å². The molecule has 2 rings (SSSR count). The second-order valence-electron chi connectivity index (χ2n) is 7.13. The number of carbonyl (C=O) groups is 2. The van der Waals surface area contributed by atoms with Crippen LogP contribution in [-0.2, 0) is 16.1 Å². The van der Waals surface area contributed by atoms with Gasteiger partial charge in [-0.15, -0.1) is 0 Å². The summed E-state index contributed by atoms with van der Waals surface area (Å²) >= 11 is 5.96. The van der Waals surface area contributed by atoms with Gasteiger partial charge in [-0.2, -0.15) is 0 Å². The van der Waals surface area contributed by atoms with E-state index in [1.165, 1.54) is 29.2 Å². The number of hydrogen-bond donors (Lipinski definition) is 1. The SMILES string of the molecule is CCC(C)NC(=O)C(CC)N(Cc1ccc(Cl)cc1)C(=O)COc1ccc(F)cc1. The van der Waals surface area contributed by atoms with Gasteiger partial charge in [0.1, 0.15) is 17.6 Å². The minimum absolute atomic E-state index is 0.00880. The summed E-state index contributed by atoms with van der Waals surface area (Å²) in [5, 5.41) is 3.55. The van der Waals surface area contributed by atoms with Gasteiger partial charge in [0, 0.05) is 17.6 Å². The molecule has 2 atom stereocenters. The van der Waals surface area contributed by atoms with Crippen LogP contribution in [0.5, 0.6) is 5.75 Å². The third-order valence-electron chi connectivity index (χ3n) is 4.83. The van der Waals surface area contributed by atoms with Gasteiger partial charge in [0.25, 0.3) is 5.91 Å². The summed E-state index contributed by atoms with van der Waals surface area (Å²) in [5.41, 5.74) is 0.851. The first-order chi connectivity index (χ1) is 14.3. The molecule has 0 spiro atoms. The highest BCUT2D eigenvalue weighted by Crippen LogP contribution is 2.17. The number of ether oxygens (including phenoxy) is 1. The van der Waals surface area contributed by atoms with E-state index in [0.29, 0.717) is 17.2 Å². The van der Waals surface area contributed by atoms with Gasteiger partial charge in [-0.05, 0) is 61.7 Å². The van der Waals surface area contributed by atoms with Crippen molar-refractivity contribution < 1.29 is 18.7 Å². The minimum Gasteiger partial charge on any atom is -0.484 e. The van der Waals surface area contributed by atoms with Gasteiger partial charge in [-0.3, -0.25) is 9.59 Å².